The third kappa shape index (κ3) is 3.57. The largest absolute Gasteiger partial charge is 0.494 e. The van der Waals surface area contributed by atoms with E-state index >= 15 is 0 Å². The van der Waals surface area contributed by atoms with Crippen molar-refractivity contribution in [1.29, 1.82) is 0 Å². The maximum absolute atomic E-state index is 13.0. The molecular weight excluding hydrogens is 327 g/mol. The topological polar surface area (TPSA) is 55.2 Å². The average molecular weight is 342 g/mol. The van der Waals surface area contributed by atoms with Gasteiger partial charge in [0.2, 0.25) is 4.77 Å². The molecule has 0 fully saturated rings. The maximum atomic E-state index is 13.0. The van der Waals surface area contributed by atoms with Crippen molar-refractivity contribution in [3.63, 3.8) is 0 Å². The molecule has 2 aromatic carbocycles. The van der Waals surface area contributed by atoms with Crippen LogP contribution in [0.1, 0.15) is 12.5 Å². The second kappa shape index (κ2) is 7.18. The Balaban J connectivity index is 1.95. The number of nitrogens with one attached hydrogen (secondary N) is 1. The Morgan fingerprint density at radius 3 is 2.83 bits per heavy atom. The first-order valence-electron chi connectivity index (χ1n) is 7.38. The molecule has 0 bridgehead atoms. The molecule has 7 heteroatoms. The molecule has 0 aliphatic heterocycles. The van der Waals surface area contributed by atoms with E-state index < -0.39 is 0 Å². The second-order valence-electron chi connectivity index (χ2n) is 4.92. The molecule has 3 aromatic rings. The second-order valence-corrected chi connectivity index (χ2v) is 5.31. The minimum absolute atomic E-state index is 0.291. The summed E-state index contributed by atoms with van der Waals surface area (Å²) in [5.74, 6) is 1.03. The number of hydrogen-bond donors (Lipinski definition) is 1. The van der Waals surface area contributed by atoms with E-state index in [1.165, 1.54) is 16.8 Å². The fourth-order valence-corrected chi connectivity index (χ4v) is 2.33. The summed E-state index contributed by atoms with van der Waals surface area (Å²) in [7, 11) is 0. The molecule has 122 valence electrons. The summed E-state index contributed by atoms with van der Waals surface area (Å²) in [6.07, 6.45) is 1.60. The van der Waals surface area contributed by atoms with Gasteiger partial charge >= 0.3 is 0 Å². The van der Waals surface area contributed by atoms with Crippen LogP contribution in [0.5, 0.6) is 5.75 Å². The van der Waals surface area contributed by atoms with Gasteiger partial charge in [-0.1, -0.05) is 24.3 Å². The van der Waals surface area contributed by atoms with Crippen LogP contribution in [0.4, 0.5) is 4.39 Å². The zero-order valence-electron chi connectivity index (χ0n) is 12.9. The van der Waals surface area contributed by atoms with E-state index in [1.807, 2.05) is 31.2 Å². The van der Waals surface area contributed by atoms with Gasteiger partial charge in [0.1, 0.15) is 11.6 Å². The summed E-state index contributed by atoms with van der Waals surface area (Å²) in [4.78, 5) is 0. The zero-order chi connectivity index (χ0) is 16.9. The number of ether oxygens (including phenoxy) is 1. The quantitative estimate of drug-likeness (QED) is 0.563. The summed E-state index contributed by atoms with van der Waals surface area (Å²) in [6.45, 7) is 2.51. The number of nitrogens with zero attached hydrogens (tertiary/aromatic N) is 3. The Morgan fingerprint density at radius 2 is 2.08 bits per heavy atom. The van der Waals surface area contributed by atoms with Crippen LogP contribution in [0.25, 0.3) is 11.4 Å². The Labute approximate surface area is 143 Å². The van der Waals surface area contributed by atoms with Gasteiger partial charge in [0.05, 0.1) is 12.8 Å². The van der Waals surface area contributed by atoms with Crippen LogP contribution in [0, 0.1) is 10.6 Å². The van der Waals surface area contributed by atoms with Crippen LogP contribution in [0.2, 0.25) is 0 Å². The third-order valence-electron chi connectivity index (χ3n) is 3.25. The molecule has 1 aromatic heterocycles. The highest BCUT2D eigenvalue weighted by molar-refractivity contribution is 7.71. The average Bonchev–Trinajstić information content (AvgIpc) is 2.96. The maximum Gasteiger partial charge on any atom is 0.216 e. The van der Waals surface area contributed by atoms with Crippen molar-refractivity contribution in [3.05, 3.63) is 64.7 Å². The first-order valence-corrected chi connectivity index (χ1v) is 7.79. The number of hydrogen-bond acceptors (Lipinski definition) is 4. The van der Waals surface area contributed by atoms with E-state index in [9.17, 15) is 4.39 Å². The molecule has 0 saturated heterocycles. The van der Waals surface area contributed by atoms with Gasteiger partial charge in [0.15, 0.2) is 5.82 Å². The van der Waals surface area contributed by atoms with Gasteiger partial charge < -0.3 is 4.74 Å². The standard InChI is InChI=1S/C17H15FN4OS/c1-2-23-15-5-3-4-13(10-15)16-20-21-17(24)22(16)19-11-12-6-8-14(18)9-7-12/h3-11H,2H2,1H3,(H,21,24). The number of aromatic nitrogens is 3. The summed E-state index contributed by atoms with van der Waals surface area (Å²) < 4.78 is 20.3. The summed E-state index contributed by atoms with van der Waals surface area (Å²) >= 11 is 5.23. The summed E-state index contributed by atoms with van der Waals surface area (Å²) in [5.41, 5.74) is 1.58. The minimum Gasteiger partial charge on any atom is -0.494 e. The van der Waals surface area contributed by atoms with Gasteiger partial charge in [0, 0.05) is 5.56 Å². The highest BCUT2D eigenvalue weighted by atomic mass is 32.1. The van der Waals surface area contributed by atoms with E-state index in [-0.39, 0.29) is 5.82 Å². The van der Waals surface area contributed by atoms with Gasteiger partial charge in [-0.25, -0.2) is 9.49 Å². The van der Waals surface area contributed by atoms with Crippen molar-refractivity contribution >= 4 is 18.4 Å². The van der Waals surface area contributed by atoms with Crippen LogP contribution >= 0.6 is 12.2 Å². The molecule has 1 N–H and O–H groups in total. The Hall–Kier alpha value is -2.80. The molecule has 24 heavy (non-hydrogen) atoms. The van der Waals surface area contributed by atoms with Crippen molar-refractivity contribution in [2.75, 3.05) is 6.61 Å². The van der Waals surface area contributed by atoms with Crippen LogP contribution in [0.15, 0.2) is 53.6 Å². The Bertz CT molecular complexity index is 915. The number of rotatable bonds is 5. The van der Waals surface area contributed by atoms with E-state index in [1.54, 1.807) is 18.3 Å². The monoisotopic (exact) mass is 342 g/mol. The van der Waals surface area contributed by atoms with Gasteiger partial charge in [-0.15, -0.1) is 0 Å². The van der Waals surface area contributed by atoms with Crippen molar-refractivity contribution in [2.45, 2.75) is 6.92 Å². The van der Waals surface area contributed by atoms with E-state index in [4.69, 9.17) is 17.0 Å². The zero-order valence-corrected chi connectivity index (χ0v) is 13.8. The normalized spacial score (nSPS) is 11.1. The SMILES string of the molecule is CCOc1cccc(-c2n[nH]c(=S)n2N=Cc2ccc(F)cc2)c1. The molecule has 1 heterocycles. The molecule has 0 saturated carbocycles. The molecule has 0 atom stereocenters. The Morgan fingerprint density at radius 1 is 1.29 bits per heavy atom. The number of benzene rings is 2. The minimum atomic E-state index is -0.291. The molecule has 5 nitrogen and oxygen atoms in total. The van der Waals surface area contributed by atoms with Crippen molar-refractivity contribution in [2.24, 2.45) is 5.10 Å². The lowest BCUT2D eigenvalue weighted by molar-refractivity contribution is 0.340. The highest BCUT2D eigenvalue weighted by Gasteiger charge is 2.09. The van der Waals surface area contributed by atoms with Crippen LogP contribution in [0.3, 0.4) is 0 Å². The van der Waals surface area contributed by atoms with Gasteiger partial charge in [-0.3, -0.25) is 0 Å². The molecule has 0 radical (unpaired) electrons. The Kier molecular flexibility index (Phi) is 4.81. The molecule has 0 aliphatic carbocycles. The third-order valence-corrected chi connectivity index (χ3v) is 3.51. The van der Waals surface area contributed by atoms with Gasteiger partial charge in [-0.05, 0) is 49.0 Å². The lowest BCUT2D eigenvalue weighted by atomic mass is 10.2. The van der Waals surface area contributed by atoms with Crippen molar-refractivity contribution in [1.82, 2.24) is 14.9 Å². The molecular formula is C17H15FN4OS. The molecule has 0 unspecified atom stereocenters. The number of H-pyrrole nitrogens is 1. The predicted molar refractivity (Wildman–Crippen MR) is 93.4 cm³/mol. The first kappa shape index (κ1) is 16.1. The van der Waals surface area contributed by atoms with Crippen LogP contribution in [-0.2, 0) is 0 Å². The summed E-state index contributed by atoms with van der Waals surface area (Å²) in [5, 5.41) is 11.3. The van der Waals surface area contributed by atoms with Gasteiger partial charge in [-0.2, -0.15) is 14.9 Å². The number of aromatic amines is 1. The van der Waals surface area contributed by atoms with Gasteiger partial charge in [0.25, 0.3) is 0 Å². The highest BCUT2D eigenvalue weighted by Crippen LogP contribution is 2.22. The van der Waals surface area contributed by atoms with Crippen molar-refractivity contribution in [3.8, 4) is 17.1 Å². The fourth-order valence-electron chi connectivity index (χ4n) is 2.15. The van der Waals surface area contributed by atoms with E-state index in [0.29, 0.717) is 17.2 Å². The lowest BCUT2D eigenvalue weighted by Crippen LogP contribution is -1.96. The van der Waals surface area contributed by atoms with E-state index in [2.05, 4.69) is 15.3 Å². The predicted octanol–water partition coefficient (Wildman–Crippen LogP) is 4.03. The lowest BCUT2D eigenvalue weighted by Gasteiger charge is -2.05. The van der Waals surface area contributed by atoms with Crippen molar-refractivity contribution < 1.29 is 9.13 Å². The molecule has 0 spiro atoms. The molecule has 3 rings (SSSR count). The smallest absolute Gasteiger partial charge is 0.216 e. The first-order chi connectivity index (χ1) is 11.7. The fraction of sp³-hybridized carbons (Fsp3) is 0.118. The molecule has 0 aliphatic rings. The van der Waals surface area contributed by atoms with E-state index in [0.717, 1.165) is 16.9 Å². The van der Waals surface area contributed by atoms with Crippen LogP contribution < -0.4 is 4.74 Å². The molecule has 0 amide bonds. The number of halogens is 1. The van der Waals surface area contributed by atoms with Crippen LogP contribution in [-0.4, -0.2) is 27.7 Å². The summed E-state index contributed by atoms with van der Waals surface area (Å²) in [6, 6.07) is 13.6.